The molecule has 3 aromatic rings. The molecule has 0 saturated carbocycles. The van der Waals surface area contributed by atoms with Crippen LogP contribution >= 0.6 is 23.6 Å². The van der Waals surface area contributed by atoms with Crippen molar-refractivity contribution in [3.05, 3.63) is 34.9 Å². The maximum atomic E-state index is 13.2. The second-order valence-corrected chi connectivity index (χ2v) is 5.77. The van der Waals surface area contributed by atoms with Gasteiger partial charge in [-0.1, -0.05) is 13.0 Å². The average Bonchev–Trinajstić information content (AvgIpc) is 2.94. The maximum absolute atomic E-state index is 13.2. The van der Waals surface area contributed by atoms with Crippen LogP contribution in [0.4, 0.5) is 4.39 Å². The van der Waals surface area contributed by atoms with Crippen LogP contribution in [0.2, 0.25) is 0 Å². The number of H-pyrrole nitrogens is 1. The highest BCUT2D eigenvalue weighted by atomic mass is 32.1. The lowest BCUT2D eigenvalue weighted by molar-refractivity contribution is 0.630. The lowest BCUT2D eigenvalue weighted by Crippen LogP contribution is -1.98. The number of halogens is 1. The molecule has 0 aliphatic carbocycles. The van der Waals surface area contributed by atoms with Crippen molar-refractivity contribution in [2.75, 3.05) is 0 Å². The van der Waals surface area contributed by atoms with Crippen LogP contribution in [0, 0.1) is 10.6 Å². The SMILES string of the molecule is CCCn1c(-c2cc3ccc(F)cc3s2)n[nH]c1=S. The predicted octanol–water partition coefficient (Wildman–Crippen LogP) is 4.37. The van der Waals surface area contributed by atoms with Gasteiger partial charge >= 0.3 is 0 Å². The van der Waals surface area contributed by atoms with Crippen molar-refractivity contribution >= 4 is 33.6 Å². The molecule has 3 rings (SSSR count). The molecule has 1 N–H and O–H groups in total. The highest BCUT2D eigenvalue weighted by Crippen LogP contribution is 2.33. The number of rotatable bonds is 3. The highest BCUT2D eigenvalue weighted by molar-refractivity contribution is 7.71. The zero-order chi connectivity index (χ0) is 13.4. The molecule has 0 aliphatic heterocycles. The third-order valence-electron chi connectivity index (χ3n) is 2.91. The number of nitrogens with zero attached hydrogens (tertiary/aromatic N) is 2. The fourth-order valence-corrected chi connectivity index (χ4v) is 3.36. The van der Waals surface area contributed by atoms with Gasteiger partial charge in [0.15, 0.2) is 10.6 Å². The van der Waals surface area contributed by atoms with Crippen LogP contribution in [0.25, 0.3) is 20.8 Å². The van der Waals surface area contributed by atoms with E-state index in [1.807, 2.05) is 10.6 Å². The Labute approximate surface area is 118 Å². The number of hydrogen-bond acceptors (Lipinski definition) is 3. The largest absolute Gasteiger partial charge is 0.300 e. The Morgan fingerprint density at radius 1 is 1.42 bits per heavy atom. The molecular formula is C13H12FN3S2. The predicted molar refractivity (Wildman–Crippen MR) is 78.5 cm³/mol. The standard InChI is InChI=1S/C13H12FN3S2/c1-2-5-17-12(15-16-13(17)18)11-6-8-3-4-9(14)7-10(8)19-11/h3-4,6-7H,2,5H2,1H3,(H,16,18). The lowest BCUT2D eigenvalue weighted by Gasteiger charge is -2.01. The molecule has 0 unspecified atom stereocenters. The molecule has 0 spiro atoms. The van der Waals surface area contributed by atoms with E-state index in [0.29, 0.717) is 4.77 Å². The minimum absolute atomic E-state index is 0.215. The van der Waals surface area contributed by atoms with Crippen molar-refractivity contribution in [3.63, 3.8) is 0 Å². The van der Waals surface area contributed by atoms with Gasteiger partial charge in [-0.05, 0) is 42.2 Å². The van der Waals surface area contributed by atoms with Crippen LogP contribution in [0.5, 0.6) is 0 Å². The van der Waals surface area contributed by atoms with Crippen molar-refractivity contribution < 1.29 is 4.39 Å². The number of nitrogens with one attached hydrogen (secondary N) is 1. The van der Waals surface area contributed by atoms with E-state index in [-0.39, 0.29) is 5.82 Å². The second-order valence-electron chi connectivity index (χ2n) is 4.30. The van der Waals surface area contributed by atoms with E-state index in [1.54, 1.807) is 12.1 Å². The minimum atomic E-state index is -0.215. The highest BCUT2D eigenvalue weighted by Gasteiger charge is 2.12. The summed E-state index contributed by atoms with van der Waals surface area (Å²) in [6.45, 7) is 2.92. The van der Waals surface area contributed by atoms with Gasteiger partial charge in [0.2, 0.25) is 0 Å². The van der Waals surface area contributed by atoms with Gasteiger partial charge in [-0.2, -0.15) is 5.10 Å². The molecule has 98 valence electrons. The number of aromatic nitrogens is 3. The summed E-state index contributed by atoms with van der Waals surface area (Å²) < 4.78 is 16.7. The van der Waals surface area contributed by atoms with E-state index in [0.717, 1.165) is 33.8 Å². The van der Waals surface area contributed by atoms with Crippen molar-refractivity contribution in [2.24, 2.45) is 0 Å². The Bertz CT molecular complexity index is 785. The number of aromatic amines is 1. The molecule has 2 heterocycles. The molecule has 3 nitrogen and oxygen atoms in total. The molecule has 0 fully saturated rings. The molecule has 19 heavy (non-hydrogen) atoms. The molecule has 0 amide bonds. The van der Waals surface area contributed by atoms with Gasteiger partial charge in [-0.15, -0.1) is 11.3 Å². The average molecular weight is 293 g/mol. The fourth-order valence-electron chi connectivity index (χ4n) is 2.05. The summed E-state index contributed by atoms with van der Waals surface area (Å²) in [6, 6.07) is 6.84. The minimum Gasteiger partial charge on any atom is -0.300 e. The van der Waals surface area contributed by atoms with Crippen molar-refractivity contribution in [2.45, 2.75) is 19.9 Å². The lowest BCUT2D eigenvalue weighted by atomic mass is 10.2. The Morgan fingerprint density at radius 3 is 3.05 bits per heavy atom. The molecule has 0 saturated heterocycles. The van der Waals surface area contributed by atoms with Gasteiger partial charge in [-0.3, -0.25) is 9.67 Å². The second kappa shape index (κ2) is 4.86. The van der Waals surface area contributed by atoms with E-state index >= 15 is 0 Å². The number of fused-ring (bicyclic) bond motifs is 1. The van der Waals surface area contributed by atoms with E-state index < -0.39 is 0 Å². The number of benzene rings is 1. The van der Waals surface area contributed by atoms with Crippen LogP contribution in [-0.2, 0) is 6.54 Å². The van der Waals surface area contributed by atoms with Gasteiger partial charge in [0.25, 0.3) is 0 Å². The van der Waals surface area contributed by atoms with Crippen LogP contribution in [0.1, 0.15) is 13.3 Å². The topological polar surface area (TPSA) is 33.6 Å². The summed E-state index contributed by atoms with van der Waals surface area (Å²) in [5.41, 5.74) is 0. The number of thiophene rings is 1. The summed E-state index contributed by atoms with van der Waals surface area (Å²) in [4.78, 5) is 1.00. The summed E-state index contributed by atoms with van der Waals surface area (Å²) >= 11 is 6.76. The van der Waals surface area contributed by atoms with E-state index in [2.05, 4.69) is 17.1 Å². The number of hydrogen-bond donors (Lipinski definition) is 1. The van der Waals surface area contributed by atoms with Gasteiger partial charge in [0.1, 0.15) is 5.82 Å². The molecule has 1 aromatic carbocycles. The van der Waals surface area contributed by atoms with E-state index in [4.69, 9.17) is 12.2 Å². The first-order valence-corrected chi connectivity index (χ1v) is 7.26. The van der Waals surface area contributed by atoms with Gasteiger partial charge in [0, 0.05) is 11.2 Å². The normalized spacial score (nSPS) is 11.3. The third kappa shape index (κ3) is 2.21. The molecule has 0 bridgehead atoms. The van der Waals surface area contributed by atoms with Crippen LogP contribution in [0.15, 0.2) is 24.3 Å². The Hall–Kier alpha value is -1.53. The van der Waals surface area contributed by atoms with E-state index in [9.17, 15) is 4.39 Å². The monoisotopic (exact) mass is 293 g/mol. The molecule has 0 atom stereocenters. The van der Waals surface area contributed by atoms with Crippen LogP contribution < -0.4 is 0 Å². The first-order valence-electron chi connectivity index (χ1n) is 6.03. The summed E-state index contributed by atoms with van der Waals surface area (Å²) in [5.74, 6) is 0.613. The van der Waals surface area contributed by atoms with Crippen molar-refractivity contribution in [1.29, 1.82) is 0 Å². The Balaban J connectivity index is 2.16. The zero-order valence-electron chi connectivity index (χ0n) is 10.3. The van der Waals surface area contributed by atoms with Crippen molar-refractivity contribution in [3.8, 4) is 10.7 Å². The van der Waals surface area contributed by atoms with Gasteiger partial charge in [-0.25, -0.2) is 4.39 Å². The van der Waals surface area contributed by atoms with Crippen LogP contribution in [0.3, 0.4) is 0 Å². The van der Waals surface area contributed by atoms with Gasteiger partial charge < -0.3 is 0 Å². The summed E-state index contributed by atoms with van der Waals surface area (Å²) in [6.07, 6.45) is 0.986. The summed E-state index contributed by atoms with van der Waals surface area (Å²) in [7, 11) is 0. The molecule has 6 heteroatoms. The molecule has 0 aliphatic rings. The third-order valence-corrected chi connectivity index (χ3v) is 4.31. The van der Waals surface area contributed by atoms with Crippen molar-refractivity contribution in [1.82, 2.24) is 14.8 Å². The smallest absolute Gasteiger partial charge is 0.195 e. The maximum Gasteiger partial charge on any atom is 0.195 e. The summed E-state index contributed by atoms with van der Waals surface area (Å²) in [5, 5.41) is 8.14. The quantitative estimate of drug-likeness (QED) is 0.727. The Morgan fingerprint density at radius 2 is 2.26 bits per heavy atom. The molecule has 2 aromatic heterocycles. The van der Waals surface area contributed by atoms with Gasteiger partial charge in [0.05, 0.1) is 4.88 Å². The fraction of sp³-hybridized carbons (Fsp3) is 0.231. The first-order chi connectivity index (χ1) is 9.19. The zero-order valence-corrected chi connectivity index (χ0v) is 11.9. The first kappa shape index (κ1) is 12.5. The molecule has 0 radical (unpaired) electrons. The Kier molecular flexibility index (Phi) is 3.20. The van der Waals surface area contributed by atoms with E-state index in [1.165, 1.54) is 17.4 Å². The molecular weight excluding hydrogens is 281 g/mol. The van der Waals surface area contributed by atoms with Crippen LogP contribution in [-0.4, -0.2) is 14.8 Å².